The Labute approximate surface area is 137 Å². The lowest BCUT2D eigenvalue weighted by atomic mass is 10.1. The highest BCUT2D eigenvalue weighted by molar-refractivity contribution is 5.69. The summed E-state index contributed by atoms with van der Waals surface area (Å²) in [5, 5.41) is 0. The summed E-state index contributed by atoms with van der Waals surface area (Å²) in [5.74, 6) is -0.0257. The lowest BCUT2D eigenvalue weighted by Crippen LogP contribution is -2.16. The van der Waals surface area contributed by atoms with Gasteiger partial charge in [-0.25, -0.2) is 0 Å². The number of ether oxygens (including phenoxy) is 1. The standard InChI is InChI=1S/C20H34O2/c1-2-3-13-16-19-17-14-11-9-7-5-4-6-8-10-12-15-18-20(21)22-19/h9,11,14,17,19H,2-8,10,12-13,15-16,18H2,1H3/b11-9+,17-14-/t19-/m1/s1. The number of hydrogen-bond donors (Lipinski definition) is 0. The molecule has 0 fully saturated rings. The normalized spacial score (nSPS) is 25.3. The number of hydrogen-bond acceptors (Lipinski definition) is 2. The minimum atomic E-state index is -0.0448. The summed E-state index contributed by atoms with van der Waals surface area (Å²) in [4.78, 5) is 11.9. The van der Waals surface area contributed by atoms with Gasteiger partial charge in [-0.15, -0.1) is 0 Å². The van der Waals surface area contributed by atoms with Gasteiger partial charge in [0.05, 0.1) is 0 Å². The molecular weight excluding hydrogens is 272 g/mol. The van der Waals surface area contributed by atoms with Crippen LogP contribution < -0.4 is 0 Å². The SMILES string of the molecule is CCCCC[C@@H]1/C=C\C=C\CCCCCCCCCC(=O)O1. The van der Waals surface area contributed by atoms with Crippen LogP contribution in [0.15, 0.2) is 24.3 Å². The fourth-order valence-electron chi connectivity index (χ4n) is 2.80. The number of rotatable bonds is 4. The molecule has 0 saturated carbocycles. The van der Waals surface area contributed by atoms with Crippen molar-refractivity contribution in [1.29, 1.82) is 0 Å². The molecule has 1 aliphatic rings. The summed E-state index contributed by atoms with van der Waals surface area (Å²) in [5.41, 5.74) is 0. The molecule has 0 aromatic carbocycles. The van der Waals surface area contributed by atoms with Crippen LogP contribution in [0.5, 0.6) is 0 Å². The Hall–Kier alpha value is -1.05. The van der Waals surface area contributed by atoms with Crippen molar-refractivity contribution in [2.24, 2.45) is 0 Å². The van der Waals surface area contributed by atoms with Crippen LogP contribution in [0.3, 0.4) is 0 Å². The molecule has 1 rings (SSSR count). The smallest absolute Gasteiger partial charge is 0.306 e. The van der Waals surface area contributed by atoms with Crippen LogP contribution in [-0.4, -0.2) is 12.1 Å². The van der Waals surface area contributed by atoms with Gasteiger partial charge in [0.1, 0.15) is 6.10 Å². The largest absolute Gasteiger partial charge is 0.458 e. The molecule has 2 heteroatoms. The lowest BCUT2D eigenvalue weighted by molar-refractivity contribution is -0.147. The predicted molar refractivity (Wildman–Crippen MR) is 93.9 cm³/mol. The van der Waals surface area contributed by atoms with Gasteiger partial charge in [0.2, 0.25) is 0 Å². The second-order valence-electron chi connectivity index (χ2n) is 6.35. The number of unbranched alkanes of at least 4 members (excludes halogenated alkanes) is 2. The van der Waals surface area contributed by atoms with E-state index in [0.29, 0.717) is 6.42 Å². The number of carbonyl (C=O) groups is 1. The van der Waals surface area contributed by atoms with Crippen LogP contribution in [0, 0.1) is 0 Å². The summed E-state index contributed by atoms with van der Waals surface area (Å²) < 4.78 is 5.64. The first-order valence-electron chi connectivity index (χ1n) is 9.35. The van der Waals surface area contributed by atoms with E-state index in [2.05, 4.69) is 31.2 Å². The third-order valence-corrected chi connectivity index (χ3v) is 4.20. The predicted octanol–water partition coefficient (Wildman–Crippen LogP) is 6.12. The molecule has 0 aromatic rings. The van der Waals surface area contributed by atoms with Crippen LogP contribution in [0.4, 0.5) is 0 Å². The molecule has 0 aromatic heterocycles. The van der Waals surface area contributed by atoms with Crippen LogP contribution in [0.2, 0.25) is 0 Å². The molecule has 1 aliphatic heterocycles. The molecule has 0 aliphatic carbocycles. The fraction of sp³-hybridized carbons (Fsp3) is 0.750. The van der Waals surface area contributed by atoms with Crippen LogP contribution in [0.1, 0.15) is 90.4 Å². The number of carbonyl (C=O) groups excluding carboxylic acids is 1. The molecule has 0 amide bonds. The molecular formula is C20H34O2. The Morgan fingerprint density at radius 2 is 1.73 bits per heavy atom. The third-order valence-electron chi connectivity index (χ3n) is 4.20. The number of cyclic esters (lactones) is 1. The zero-order valence-electron chi connectivity index (χ0n) is 14.4. The van der Waals surface area contributed by atoms with Crippen molar-refractivity contribution >= 4 is 5.97 Å². The zero-order valence-corrected chi connectivity index (χ0v) is 14.4. The average molecular weight is 306 g/mol. The Morgan fingerprint density at radius 3 is 2.50 bits per heavy atom. The second-order valence-corrected chi connectivity index (χ2v) is 6.35. The van der Waals surface area contributed by atoms with E-state index in [0.717, 1.165) is 32.1 Å². The van der Waals surface area contributed by atoms with E-state index in [1.165, 1.54) is 44.9 Å². The van der Waals surface area contributed by atoms with E-state index in [1.807, 2.05) is 0 Å². The molecule has 22 heavy (non-hydrogen) atoms. The quantitative estimate of drug-likeness (QED) is 0.462. The maximum absolute atomic E-state index is 11.9. The van der Waals surface area contributed by atoms with Crippen molar-refractivity contribution in [2.75, 3.05) is 0 Å². The molecule has 1 heterocycles. The van der Waals surface area contributed by atoms with Gasteiger partial charge in [-0.2, -0.15) is 0 Å². The first-order valence-corrected chi connectivity index (χ1v) is 9.35. The van der Waals surface area contributed by atoms with E-state index < -0.39 is 0 Å². The average Bonchev–Trinajstić information content (AvgIpc) is 2.50. The summed E-state index contributed by atoms with van der Waals surface area (Å²) in [7, 11) is 0. The van der Waals surface area contributed by atoms with Crippen LogP contribution in [0.25, 0.3) is 0 Å². The summed E-state index contributed by atoms with van der Waals surface area (Å²) in [6.45, 7) is 2.20. The van der Waals surface area contributed by atoms with E-state index in [1.54, 1.807) is 0 Å². The third kappa shape index (κ3) is 10.6. The van der Waals surface area contributed by atoms with Crippen LogP contribution >= 0.6 is 0 Å². The minimum Gasteiger partial charge on any atom is -0.458 e. The molecule has 126 valence electrons. The summed E-state index contributed by atoms with van der Waals surface area (Å²) >= 11 is 0. The highest BCUT2D eigenvalue weighted by atomic mass is 16.5. The molecule has 0 bridgehead atoms. The van der Waals surface area contributed by atoms with E-state index in [4.69, 9.17) is 4.74 Å². The van der Waals surface area contributed by atoms with E-state index >= 15 is 0 Å². The molecule has 0 unspecified atom stereocenters. The Bertz CT molecular complexity index is 331. The molecule has 2 nitrogen and oxygen atoms in total. The van der Waals surface area contributed by atoms with Gasteiger partial charge in [0.25, 0.3) is 0 Å². The van der Waals surface area contributed by atoms with Crippen molar-refractivity contribution < 1.29 is 9.53 Å². The molecule has 0 saturated heterocycles. The topological polar surface area (TPSA) is 26.3 Å². The van der Waals surface area contributed by atoms with Gasteiger partial charge in [0, 0.05) is 6.42 Å². The Morgan fingerprint density at radius 1 is 1.00 bits per heavy atom. The Kier molecular flexibility index (Phi) is 11.7. The van der Waals surface area contributed by atoms with Crippen molar-refractivity contribution in [3.63, 3.8) is 0 Å². The van der Waals surface area contributed by atoms with Gasteiger partial charge < -0.3 is 4.74 Å². The van der Waals surface area contributed by atoms with Gasteiger partial charge in [-0.1, -0.05) is 70.1 Å². The summed E-state index contributed by atoms with van der Waals surface area (Å²) in [6.07, 6.45) is 23.2. The molecule has 1 atom stereocenters. The maximum atomic E-state index is 11.9. The first-order chi connectivity index (χ1) is 10.8. The van der Waals surface area contributed by atoms with Gasteiger partial charge in [-0.3, -0.25) is 4.79 Å². The number of esters is 1. The fourth-order valence-corrected chi connectivity index (χ4v) is 2.80. The number of allylic oxidation sites excluding steroid dienone is 3. The van der Waals surface area contributed by atoms with Gasteiger partial charge in [-0.05, 0) is 38.2 Å². The summed E-state index contributed by atoms with van der Waals surface area (Å²) in [6, 6.07) is 0. The van der Waals surface area contributed by atoms with Crippen molar-refractivity contribution in [3.8, 4) is 0 Å². The van der Waals surface area contributed by atoms with Gasteiger partial charge >= 0.3 is 5.97 Å². The zero-order chi connectivity index (χ0) is 15.9. The highest BCUT2D eigenvalue weighted by Crippen LogP contribution is 2.13. The minimum absolute atomic E-state index is 0.0257. The monoisotopic (exact) mass is 306 g/mol. The van der Waals surface area contributed by atoms with E-state index in [9.17, 15) is 4.79 Å². The molecule has 0 radical (unpaired) electrons. The first kappa shape index (κ1) is 19.0. The van der Waals surface area contributed by atoms with Crippen molar-refractivity contribution in [1.82, 2.24) is 0 Å². The van der Waals surface area contributed by atoms with E-state index in [-0.39, 0.29) is 12.1 Å². The van der Waals surface area contributed by atoms with Crippen molar-refractivity contribution in [3.05, 3.63) is 24.3 Å². The highest BCUT2D eigenvalue weighted by Gasteiger charge is 2.11. The second kappa shape index (κ2) is 13.6. The van der Waals surface area contributed by atoms with Gasteiger partial charge in [0.15, 0.2) is 0 Å². The Balaban J connectivity index is 2.49. The van der Waals surface area contributed by atoms with Crippen molar-refractivity contribution in [2.45, 2.75) is 96.5 Å². The molecule has 0 N–H and O–H groups in total. The lowest BCUT2D eigenvalue weighted by Gasteiger charge is -2.14. The van der Waals surface area contributed by atoms with Crippen LogP contribution in [-0.2, 0) is 9.53 Å². The maximum Gasteiger partial charge on any atom is 0.306 e. The molecule has 0 spiro atoms.